The zero-order valence-corrected chi connectivity index (χ0v) is 11.8. The van der Waals surface area contributed by atoms with Gasteiger partial charge in [0.15, 0.2) is 4.60 Å². The first-order chi connectivity index (χ1) is 8.34. The number of carbonyl (C=O) groups is 1. The minimum atomic E-state index is -3.91. The molecule has 1 heterocycles. The lowest BCUT2D eigenvalue weighted by Gasteiger charge is -2.19. The van der Waals surface area contributed by atoms with E-state index in [-0.39, 0.29) is 15.7 Å². The summed E-state index contributed by atoms with van der Waals surface area (Å²) >= 11 is 3.01. The topological polar surface area (TPSA) is 105 Å². The predicted octanol–water partition coefficient (Wildman–Crippen LogP) is -0.185. The number of sulfonamides is 1. The maximum atomic E-state index is 12.4. The Hall–Kier alpha value is -1.00. The number of hydrogen-bond donors (Lipinski definition) is 1. The third-order valence-corrected chi connectivity index (χ3v) is 5.32. The smallest absolute Gasteiger partial charge is 0.318 e. The third kappa shape index (κ3) is 2.40. The minimum absolute atomic E-state index is 0.0843. The van der Waals surface area contributed by atoms with Crippen LogP contribution in [0, 0.1) is 0 Å². The van der Waals surface area contributed by atoms with Gasteiger partial charge in [0, 0.05) is 13.1 Å². The van der Waals surface area contributed by atoms with Crippen LogP contribution >= 0.6 is 15.9 Å². The summed E-state index contributed by atoms with van der Waals surface area (Å²) in [5, 5.41) is 15.9. The van der Waals surface area contributed by atoms with Gasteiger partial charge in [-0.3, -0.25) is 4.79 Å². The lowest BCUT2D eigenvalue weighted by atomic mass is 10.6. The molecule has 0 aliphatic heterocycles. The van der Waals surface area contributed by atoms with E-state index in [1.807, 2.05) is 0 Å². The molecule has 0 aromatic carbocycles. The van der Waals surface area contributed by atoms with Crippen molar-refractivity contribution in [2.45, 2.75) is 23.9 Å². The van der Waals surface area contributed by atoms with Gasteiger partial charge in [-0.1, -0.05) is 5.21 Å². The molecule has 1 saturated carbocycles. The van der Waals surface area contributed by atoms with Crippen molar-refractivity contribution >= 4 is 31.9 Å². The first kappa shape index (κ1) is 13.4. The zero-order valence-electron chi connectivity index (χ0n) is 9.45. The molecule has 8 nitrogen and oxygen atoms in total. The Morgan fingerprint density at radius 3 is 2.61 bits per heavy atom. The van der Waals surface area contributed by atoms with Crippen molar-refractivity contribution in [2.75, 3.05) is 6.54 Å². The number of nitrogens with zero attached hydrogens (tertiary/aromatic N) is 4. The van der Waals surface area contributed by atoms with Crippen LogP contribution in [0.15, 0.2) is 9.63 Å². The number of hydrogen-bond acceptors (Lipinski definition) is 5. The highest BCUT2D eigenvalue weighted by molar-refractivity contribution is 9.10. The molecule has 1 aromatic rings. The molecule has 0 unspecified atom stereocenters. The van der Waals surface area contributed by atoms with Crippen molar-refractivity contribution in [3.05, 3.63) is 4.60 Å². The number of rotatable bonds is 5. The second-order valence-electron chi connectivity index (χ2n) is 3.98. The summed E-state index contributed by atoms with van der Waals surface area (Å²) in [6.07, 6.45) is 1.35. The summed E-state index contributed by atoms with van der Waals surface area (Å²) < 4.78 is 26.9. The van der Waals surface area contributed by atoms with Gasteiger partial charge < -0.3 is 5.11 Å². The molecule has 18 heavy (non-hydrogen) atoms. The van der Waals surface area contributed by atoms with Crippen molar-refractivity contribution in [1.82, 2.24) is 19.3 Å². The molecule has 0 atom stereocenters. The average Bonchev–Trinajstić information content (AvgIpc) is 3.01. The molecule has 0 amide bonds. The van der Waals surface area contributed by atoms with Gasteiger partial charge in [0.2, 0.25) is 5.03 Å². The Morgan fingerprint density at radius 1 is 1.61 bits per heavy atom. The van der Waals surface area contributed by atoms with Gasteiger partial charge in [0.1, 0.15) is 6.54 Å². The molecule has 1 N–H and O–H groups in total. The fourth-order valence-corrected chi connectivity index (χ4v) is 4.29. The van der Waals surface area contributed by atoms with Crippen LogP contribution in [0.4, 0.5) is 0 Å². The second-order valence-corrected chi connectivity index (χ2v) is 6.54. The van der Waals surface area contributed by atoms with Crippen LogP contribution in [0.5, 0.6) is 0 Å². The number of halogens is 1. The van der Waals surface area contributed by atoms with E-state index < -0.39 is 22.5 Å². The van der Waals surface area contributed by atoms with Crippen molar-refractivity contribution in [2.24, 2.45) is 7.05 Å². The first-order valence-electron chi connectivity index (χ1n) is 5.13. The van der Waals surface area contributed by atoms with E-state index in [4.69, 9.17) is 5.11 Å². The number of carboxylic acids is 1. The summed E-state index contributed by atoms with van der Waals surface area (Å²) in [6.45, 7) is -0.551. The summed E-state index contributed by atoms with van der Waals surface area (Å²) in [5.41, 5.74) is 0. The lowest BCUT2D eigenvalue weighted by molar-refractivity contribution is -0.137. The highest BCUT2D eigenvalue weighted by atomic mass is 79.9. The molecule has 0 radical (unpaired) electrons. The van der Waals surface area contributed by atoms with Gasteiger partial charge in [0.25, 0.3) is 10.0 Å². The first-order valence-corrected chi connectivity index (χ1v) is 7.36. The fourth-order valence-electron chi connectivity index (χ4n) is 1.61. The maximum Gasteiger partial charge on any atom is 0.318 e. The molecule has 1 aliphatic rings. The Bertz CT molecular complexity index is 560. The minimum Gasteiger partial charge on any atom is -0.480 e. The van der Waals surface area contributed by atoms with Crippen LogP contribution in [0.2, 0.25) is 0 Å². The Labute approximate surface area is 112 Å². The molecule has 100 valence electrons. The highest BCUT2D eigenvalue weighted by Crippen LogP contribution is 2.33. The van der Waals surface area contributed by atoms with E-state index in [0.29, 0.717) is 12.8 Å². The molecule has 1 aliphatic carbocycles. The van der Waals surface area contributed by atoms with Crippen molar-refractivity contribution in [3.8, 4) is 0 Å². The standard InChI is InChI=1S/C8H11BrN4O4S/c1-12-8(7(9)10-11-12)18(16,17)13(4-6(14)15)5-2-3-5/h5H,2-4H2,1H3,(H,14,15). The number of carboxylic acid groups (broad SMARTS) is 1. The number of aromatic nitrogens is 3. The van der Waals surface area contributed by atoms with Crippen LogP contribution < -0.4 is 0 Å². The SMILES string of the molecule is Cn1nnc(Br)c1S(=O)(=O)N(CC(=O)O)C1CC1. The Morgan fingerprint density at radius 2 is 2.22 bits per heavy atom. The second kappa shape index (κ2) is 4.59. The molecule has 10 heteroatoms. The molecule has 1 fully saturated rings. The molecule has 2 rings (SSSR count). The maximum absolute atomic E-state index is 12.4. The van der Waals surface area contributed by atoms with Crippen molar-refractivity contribution in [1.29, 1.82) is 0 Å². The molecule has 1 aromatic heterocycles. The molecule has 0 spiro atoms. The van der Waals surface area contributed by atoms with Crippen LogP contribution in [0.1, 0.15) is 12.8 Å². The monoisotopic (exact) mass is 338 g/mol. The predicted molar refractivity (Wildman–Crippen MR) is 63.3 cm³/mol. The third-order valence-electron chi connectivity index (χ3n) is 2.54. The summed E-state index contributed by atoms with van der Waals surface area (Å²) in [4.78, 5) is 10.8. The van der Waals surface area contributed by atoms with Gasteiger partial charge in [-0.05, 0) is 28.8 Å². The van der Waals surface area contributed by atoms with Crippen LogP contribution in [-0.4, -0.2) is 51.4 Å². The molecular formula is C8H11BrN4O4S. The average molecular weight is 339 g/mol. The summed E-state index contributed by atoms with van der Waals surface area (Å²) in [6, 6.07) is -0.243. The molecule has 0 bridgehead atoms. The van der Waals surface area contributed by atoms with Crippen molar-refractivity contribution in [3.63, 3.8) is 0 Å². The van der Waals surface area contributed by atoms with Crippen molar-refractivity contribution < 1.29 is 18.3 Å². The van der Waals surface area contributed by atoms with E-state index in [1.165, 1.54) is 7.05 Å². The fraction of sp³-hybridized carbons (Fsp3) is 0.625. The molecule has 0 saturated heterocycles. The van der Waals surface area contributed by atoms with Crippen LogP contribution in [0.3, 0.4) is 0 Å². The quantitative estimate of drug-likeness (QED) is 0.798. The number of aliphatic carboxylic acids is 1. The normalized spacial score (nSPS) is 16.2. The zero-order chi connectivity index (χ0) is 13.5. The Kier molecular flexibility index (Phi) is 3.43. The van der Waals surface area contributed by atoms with Crippen LogP contribution in [-0.2, 0) is 21.9 Å². The largest absolute Gasteiger partial charge is 0.480 e. The van der Waals surface area contributed by atoms with Gasteiger partial charge in [0.05, 0.1) is 0 Å². The number of aryl methyl sites for hydroxylation is 1. The van der Waals surface area contributed by atoms with E-state index >= 15 is 0 Å². The summed E-state index contributed by atoms with van der Waals surface area (Å²) in [5.74, 6) is -1.18. The van der Waals surface area contributed by atoms with E-state index in [1.54, 1.807) is 0 Å². The van der Waals surface area contributed by atoms with E-state index in [9.17, 15) is 13.2 Å². The Balaban J connectivity index is 2.42. The van der Waals surface area contributed by atoms with Gasteiger partial charge >= 0.3 is 5.97 Å². The van der Waals surface area contributed by atoms with Crippen LogP contribution in [0.25, 0.3) is 0 Å². The van der Waals surface area contributed by atoms with Gasteiger partial charge in [-0.25, -0.2) is 13.1 Å². The van der Waals surface area contributed by atoms with Gasteiger partial charge in [-0.2, -0.15) is 4.31 Å². The highest BCUT2D eigenvalue weighted by Gasteiger charge is 2.41. The van der Waals surface area contributed by atoms with Gasteiger partial charge in [-0.15, -0.1) is 5.10 Å². The summed E-state index contributed by atoms with van der Waals surface area (Å²) in [7, 11) is -2.47. The lowest BCUT2D eigenvalue weighted by Crippen LogP contribution is -2.38. The van der Waals surface area contributed by atoms with E-state index in [0.717, 1.165) is 8.99 Å². The van der Waals surface area contributed by atoms with E-state index in [2.05, 4.69) is 26.2 Å². The molecular weight excluding hydrogens is 328 g/mol.